The SMILES string of the molecule is CC1C(=O)C(C#N)=C[C@]2(c3ccc(F)cc3)c3nn(C(=O)CN)cc3CCC12. The van der Waals surface area contributed by atoms with Crippen molar-refractivity contribution in [1.82, 2.24) is 9.78 Å². The molecule has 0 radical (unpaired) electrons. The van der Waals surface area contributed by atoms with E-state index in [1.165, 1.54) is 16.8 Å². The second-order valence-electron chi connectivity index (χ2n) is 7.39. The first kappa shape index (κ1) is 18.3. The van der Waals surface area contributed by atoms with Crippen molar-refractivity contribution < 1.29 is 14.0 Å². The fourth-order valence-corrected chi connectivity index (χ4v) is 4.67. The van der Waals surface area contributed by atoms with E-state index in [9.17, 15) is 19.2 Å². The van der Waals surface area contributed by atoms with Crippen molar-refractivity contribution in [2.24, 2.45) is 17.6 Å². The average Bonchev–Trinajstić information content (AvgIpc) is 3.15. The third-order valence-corrected chi connectivity index (χ3v) is 6.02. The molecule has 2 aliphatic rings. The largest absolute Gasteiger partial charge is 0.322 e. The van der Waals surface area contributed by atoms with Gasteiger partial charge in [-0.25, -0.2) is 9.07 Å². The maximum absolute atomic E-state index is 13.6. The van der Waals surface area contributed by atoms with Gasteiger partial charge in [0.1, 0.15) is 11.9 Å². The number of Topliss-reactive ketones (excluding diaryl/α,β-unsaturated/α-hetero) is 1. The van der Waals surface area contributed by atoms with Gasteiger partial charge in [-0.1, -0.05) is 19.1 Å². The highest BCUT2D eigenvalue weighted by atomic mass is 19.1. The minimum atomic E-state index is -0.875. The van der Waals surface area contributed by atoms with Crippen molar-refractivity contribution >= 4 is 11.7 Å². The van der Waals surface area contributed by atoms with Crippen molar-refractivity contribution in [3.05, 3.63) is 64.7 Å². The standard InChI is InChI=1S/C21H19FN4O2/c1-12-17-7-2-13-11-26(18(27)10-24)25-20(13)21(17,8-14(9-23)19(12)28)15-3-5-16(22)6-4-15/h3-6,8,11-12,17H,2,7,10,24H2,1H3/t12?,17?,21-/m1/s1. The summed E-state index contributed by atoms with van der Waals surface area (Å²) in [6, 6.07) is 8.05. The van der Waals surface area contributed by atoms with Crippen molar-refractivity contribution in [2.45, 2.75) is 25.2 Å². The Bertz CT molecular complexity index is 1050. The van der Waals surface area contributed by atoms with Crippen LogP contribution in [0, 0.1) is 29.0 Å². The van der Waals surface area contributed by atoms with Gasteiger partial charge in [0.2, 0.25) is 0 Å². The number of rotatable bonds is 2. The summed E-state index contributed by atoms with van der Waals surface area (Å²) in [6.07, 6.45) is 4.69. The van der Waals surface area contributed by atoms with Crippen LogP contribution < -0.4 is 5.73 Å². The lowest BCUT2D eigenvalue weighted by Crippen LogP contribution is -2.48. The lowest BCUT2D eigenvalue weighted by atomic mass is 9.54. The first-order chi connectivity index (χ1) is 13.4. The van der Waals surface area contributed by atoms with Crippen LogP contribution in [0.4, 0.5) is 4.39 Å². The summed E-state index contributed by atoms with van der Waals surface area (Å²) in [4.78, 5) is 24.8. The summed E-state index contributed by atoms with van der Waals surface area (Å²) in [5.41, 5.74) is 6.93. The van der Waals surface area contributed by atoms with Crippen LogP contribution in [-0.2, 0) is 16.6 Å². The molecule has 3 atom stereocenters. The number of hydrogen-bond acceptors (Lipinski definition) is 5. The van der Waals surface area contributed by atoms with Crippen molar-refractivity contribution in [3.63, 3.8) is 0 Å². The van der Waals surface area contributed by atoms with Crippen LogP contribution in [0.1, 0.15) is 35.0 Å². The van der Waals surface area contributed by atoms with Crippen LogP contribution in [0.2, 0.25) is 0 Å². The summed E-state index contributed by atoms with van der Waals surface area (Å²) in [5.74, 6) is -1.45. The molecule has 0 amide bonds. The maximum atomic E-state index is 13.6. The summed E-state index contributed by atoms with van der Waals surface area (Å²) in [5, 5.41) is 14.1. The number of halogens is 1. The minimum Gasteiger partial charge on any atom is -0.322 e. The molecule has 0 fully saturated rings. The normalized spacial score (nSPS) is 26.1. The quantitative estimate of drug-likeness (QED) is 0.863. The Morgan fingerprint density at radius 3 is 2.79 bits per heavy atom. The Morgan fingerprint density at radius 1 is 1.43 bits per heavy atom. The first-order valence-electron chi connectivity index (χ1n) is 9.18. The Kier molecular flexibility index (Phi) is 4.24. The van der Waals surface area contributed by atoms with E-state index in [1.54, 1.807) is 24.4 Å². The lowest BCUT2D eigenvalue weighted by molar-refractivity contribution is -0.121. The summed E-state index contributed by atoms with van der Waals surface area (Å²) in [6.45, 7) is 1.64. The van der Waals surface area contributed by atoms with Crippen LogP contribution in [-0.4, -0.2) is 28.0 Å². The van der Waals surface area contributed by atoms with Gasteiger partial charge >= 0.3 is 0 Å². The van der Waals surface area contributed by atoms with Crippen LogP contribution in [0.15, 0.2) is 42.1 Å². The fourth-order valence-electron chi connectivity index (χ4n) is 4.67. The average molecular weight is 378 g/mol. The Balaban J connectivity index is 2.04. The zero-order chi connectivity index (χ0) is 20.1. The summed E-state index contributed by atoms with van der Waals surface area (Å²) < 4.78 is 14.8. The molecule has 1 aromatic carbocycles. The van der Waals surface area contributed by atoms with Gasteiger partial charge in [-0.15, -0.1) is 0 Å². The molecule has 2 aliphatic carbocycles. The molecule has 7 heteroatoms. The number of carbonyl (C=O) groups is 2. The molecule has 1 heterocycles. The second-order valence-corrected chi connectivity index (χ2v) is 7.39. The number of aryl methyl sites for hydroxylation is 1. The molecule has 28 heavy (non-hydrogen) atoms. The van der Waals surface area contributed by atoms with E-state index in [4.69, 9.17) is 5.73 Å². The Labute approximate surface area is 161 Å². The predicted octanol–water partition coefficient (Wildman–Crippen LogP) is 2.14. The topological polar surface area (TPSA) is 102 Å². The van der Waals surface area contributed by atoms with Crippen LogP contribution in [0.3, 0.4) is 0 Å². The fraction of sp³-hybridized carbons (Fsp3) is 0.333. The Hall–Kier alpha value is -3.11. The van der Waals surface area contributed by atoms with E-state index >= 15 is 0 Å². The number of benzene rings is 1. The van der Waals surface area contributed by atoms with Gasteiger partial charge in [0, 0.05) is 12.1 Å². The highest BCUT2D eigenvalue weighted by molar-refractivity contribution is 6.02. The number of fused-ring (bicyclic) bond motifs is 3. The molecule has 6 nitrogen and oxygen atoms in total. The number of aromatic nitrogens is 2. The number of allylic oxidation sites excluding steroid dienone is 2. The van der Waals surface area contributed by atoms with Gasteiger partial charge < -0.3 is 5.73 Å². The van der Waals surface area contributed by atoms with E-state index in [-0.39, 0.29) is 35.5 Å². The molecular formula is C21H19FN4O2. The second kappa shape index (κ2) is 6.50. The minimum absolute atomic E-state index is 0.0700. The number of hydrogen-bond donors (Lipinski definition) is 1. The molecule has 2 N–H and O–H groups in total. The summed E-state index contributed by atoms with van der Waals surface area (Å²) in [7, 11) is 0. The van der Waals surface area contributed by atoms with Gasteiger partial charge in [-0.05, 0) is 48.1 Å². The van der Waals surface area contributed by atoms with E-state index in [0.717, 1.165) is 11.1 Å². The van der Waals surface area contributed by atoms with E-state index in [0.29, 0.717) is 18.5 Å². The van der Waals surface area contributed by atoms with Gasteiger partial charge in [-0.2, -0.15) is 10.4 Å². The molecule has 0 spiro atoms. The van der Waals surface area contributed by atoms with Gasteiger partial charge in [0.15, 0.2) is 5.78 Å². The first-order valence-corrected chi connectivity index (χ1v) is 9.18. The smallest absolute Gasteiger partial charge is 0.260 e. The summed E-state index contributed by atoms with van der Waals surface area (Å²) >= 11 is 0. The highest BCUT2D eigenvalue weighted by Crippen LogP contribution is 2.53. The van der Waals surface area contributed by atoms with E-state index in [2.05, 4.69) is 5.10 Å². The van der Waals surface area contributed by atoms with Crippen molar-refractivity contribution in [1.29, 1.82) is 5.26 Å². The molecule has 2 aromatic rings. The third-order valence-electron chi connectivity index (χ3n) is 6.02. The zero-order valence-corrected chi connectivity index (χ0v) is 15.4. The highest BCUT2D eigenvalue weighted by Gasteiger charge is 2.53. The van der Waals surface area contributed by atoms with Crippen molar-refractivity contribution in [2.75, 3.05) is 6.54 Å². The number of nitriles is 1. The molecule has 0 saturated heterocycles. The van der Waals surface area contributed by atoms with Gasteiger partial charge in [-0.3, -0.25) is 9.59 Å². The molecule has 4 rings (SSSR count). The predicted molar refractivity (Wildman–Crippen MR) is 98.8 cm³/mol. The molecule has 0 bridgehead atoms. The monoisotopic (exact) mass is 378 g/mol. The van der Waals surface area contributed by atoms with Gasteiger partial charge in [0.05, 0.1) is 23.2 Å². The molecule has 1 aromatic heterocycles. The number of ketones is 1. The van der Waals surface area contributed by atoms with Crippen LogP contribution in [0.25, 0.3) is 0 Å². The third kappa shape index (κ3) is 2.45. The molecule has 142 valence electrons. The molecule has 0 aliphatic heterocycles. The Morgan fingerprint density at radius 2 is 2.14 bits per heavy atom. The van der Waals surface area contributed by atoms with E-state index in [1.807, 2.05) is 13.0 Å². The van der Waals surface area contributed by atoms with Crippen LogP contribution in [0.5, 0.6) is 0 Å². The van der Waals surface area contributed by atoms with E-state index < -0.39 is 11.3 Å². The number of carbonyl (C=O) groups excluding carboxylic acids is 2. The van der Waals surface area contributed by atoms with Gasteiger partial charge in [0.25, 0.3) is 5.91 Å². The molecule has 0 saturated carbocycles. The lowest BCUT2D eigenvalue weighted by Gasteiger charge is -2.46. The molecular weight excluding hydrogens is 359 g/mol. The van der Waals surface area contributed by atoms with Crippen LogP contribution >= 0.6 is 0 Å². The molecule has 2 unspecified atom stereocenters. The number of nitrogens with zero attached hydrogens (tertiary/aromatic N) is 3. The zero-order valence-electron chi connectivity index (χ0n) is 15.4. The number of nitrogens with two attached hydrogens (primary N) is 1. The maximum Gasteiger partial charge on any atom is 0.260 e. The van der Waals surface area contributed by atoms with Crippen molar-refractivity contribution in [3.8, 4) is 6.07 Å².